The number of rotatable bonds is 2. The first-order valence-electron chi connectivity index (χ1n) is 10.5. The van der Waals surface area contributed by atoms with Crippen LogP contribution in [0.25, 0.3) is 0 Å². The molecule has 1 fully saturated rings. The fraction of sp³-hybridized carbons (Fsp3) is 0.769. The zero-order valence-corrected chi connectivity index (χ0v) is 11.6. The third-order valence-corrected chi connectivity index (χ3v) is 4.26. The average Bonchev–Trinajstić information content (AvgIpc) is 2.95. The average molecular weight is 277 g/mol. The van der Waals surface area contributed by atoms with Crippen molar-refractivity contribution in [3.05, 3.63) is 9.88 Å². The van der Waals surface area contributed by atoms with Gasteiger partial charge in [-0.15, -0.1) is 11.3 Å². The lowest BCUT2D eigenvalue weighted by Gasteiger charge is -2.32. The van der Waals surface area contributed by atoms with Gasteiger partial charge in [0.2, 0.25) is 0 Å². The molecule has 1 aromatic rings. The molecular formula is C13H22BNO2S. The number of aryl methyl sites for hydroxylation is 1. The summed E-state index contributed by atoms with van der Waals surface area (Å²) >= 11 is 0.373. The van der Waals surface area contributed by atoms with Crippen LogP contribution in [0.4, 0.5) is 0 Å². The summed E-state index contributed by atoms with van der Waals surface area (Å²) in [6.07, 6.45) is 0. The third kappa shape index (κ3) is 2.24. The molecule has 0 amide bonds. The maximum Gasteiger partial charge on any atom is 0.515 e. The van der Waals surface area contributed by atoms with Gasteiger partial charge in [-0.1, -0.05) is 13.7 Å². The highest BCUT2D eigenvalue weighted by Gasteiger charge is 2.53. The Morgan fingerprint density at radius 1 is 1.28 bits per heavy atom. The predicted octanol–water partition coefficient (Wildman–Crippen LogP) is 2.87. The van der Waals surface area contributed by atoms with Crippen molar-refractivity contribution >= 4 is 24.0 Å². The summed E-state index contributed by atoms with van der Waals surface area (Å²) in [5.41, 5.74) is -2.01. The maximum absolute atomic E-state index is 8.44. The summed E-state index contributed by atoms with van der Waals surface area (Å²) in [5.74, 6) is -3.10. The van der Waals surface area contributed by atoms with Gasteiger partial charge in [-0.2, -0.15) is 0 Å². The van der Waals surface area contributed by atoms with Crippen LogP contribution < -0.4 is 5.59 Å². The summed E-state index contributed by atoms with van der Waals surface area (Å²) in [4.78, 5) is 3.46. The Balaban J connectivity index is 2.77. The zero-order valence-electron chi connectivity index (χ0n) is 20.7. The van der Waals surface area contributed by atoms with Crippen molar-refractivity contribution < 1.29 is 23.0 Å². The van der Waals surface area contributed by atoms with E-state index in [-0.39, 0.29) is 5.59 Å². The molecular weight excluding hydrogens is 245 g/mol. The van der Waals surface area contributed by atoms with E-state index in [1.54, 1.807) is 27.7 Å². The molecule has 1 aliphatic rings. The number of nitrogens with zero attached hydrogens (tertiary/aromatic N) is 1. The molecule has 0 spiro atoms. The van der Waals surface area contributed by atoms with E-state index in [9.17, 15) is 0 Å². The minimum Gasteiger partial charge on any atom is -0.398 e. The molecule has 1 aliphatic heterocycles. The molecule has 0 saturated carbocycles. The standard InChI is InChI=1S/C13H22BNO2S/c1-8(2)10-11(15-9(3)18-10)14-16-12(4,5)13(6,7)17-14/h8H,1-7H3/i1D3,2D3,3D3,8D. The van der Waals surface area contributed by atoms with Gasteiger partial charge in [0.15, 0.2) is 0 Å². The van der Waals surface area contributed by atoms with Gasteiger partial charge in [-0.25, -0.2) is 0 Å². The highest BCUT2D eigenvalue weighted by molar-refractivity contribution is 7.12. The van der Waals surface area contributed by atoms with Crippen LogP contribution in [-0.2, 0) is 9.31 Å². The van der Waals surface area contributed by atoms with Gasteiger partial charge in [0.05, 0.1) is 21.8 Å². The second-order valence-corrected chi connectivity index (χ2v) is 6.20. The topological polar surface area (TPSA) is 31.4 Å². The van der Waals surface area contributed by atoms with Gasteiger partial charge >= 0.3 is 7.12 Å². The van der Waals surface area contributed by atoms with Crippen molar-refractivity contribution in [2.24, 2.45) is 0 Å². The summed E-state index contributed by atoms with van der Waals surface area (Å²) in [5, 5.41) is -0.475. The van der Waals surface area contributed by atoms with Gasteiger partial charge in [-0.05, 0) is 40.4 Å². The smallest absolute Gasteiger partial charge is 0.398 e. The summed E-state index contributed by atoms with van der Waals surface area (Å²) in [7, 11) is -1.30. The Bertz CT molecular complexity index is 722. The number of hydrogen-bond donors (Lipinski definition) is 0. The van der Waals surface area contributed by atoms with E-state index >= 15 is 0 Å². The Hall–Kier alpha value is -0.385. The number of aromatic nitrogens is 1. The molecule has 1 aromatic heterocycles. The van der Waals surface area contributed by atoms with E-state index in [1.807, 2.05) is 0 Å². The van der Waals surface area contributed by atoms with Crippen LogP contribution in [0.1, 0.15) is 70.9 Å². The van der Waals surface area contributed by atoms with Crippen molar-refractivity contribution in [1.82, 2.24) is 4.98 Å². The van der Waals surface area contributed by atoms with Gasteiger partial charge in [0.1, 0.15) is 0 Å². The van der Waals surface area contributed by atoms with Crippen molar-refractivity contribution in [3.63, 3.8) is 0 Å². The Morgan fingerprint density at radius 2 is 1.89 bits per heavy atom. The van der Waals surface area contributed by atoms with Crippen LogP contribution >= 0.6 is 11.3 Å². The van der Waals surface area contributed by atoms with Crippen LogP contribution in [0.2, 0.25) is 0 Å². The first kappa shape index (κ1) is 5.94. The van der Waals surface area contributed by atoms with Crippen molar-refractivity contribution in [1.29, 1.82) is 0 Å². The SMILES string of the molecule is [2H]C([2H])([2H])c1nc(B2OC(C)(C)C(C)(C)O2)c(C([2H])(C([2H])([2H])[2H])C([2H])([2H])[2H])s1. The molecule has 0 aromatic carbocycles. The molecule has 5 heteroatoms. The summed E-state index contributed by atoms with van der Waals surface area (Å²) in [6, 6.07) is 0. The summed E-state index contributed by atoms with van der Waals surface area (Å²) in [6.45, 7) is -2.37. The second kappa shape index (κ2) is 4.32. The molecule has 0 bridgehead atoms. The van der Waals surface area contributed by atoms with E-state index in [0.717, 1.165) is 0 Å². The van der Waals surface area contributed by atoms with E-state index in [2.05, 4.69) is 4.98 Å². The molecule has 0 atom stereocenters. The number of thiazole rings is 1. The Labute approximate surface area is 128 Å². The van der Waals surface area contributed by atoms with Crippen LogP contribution in [-0.4, -0.2) is 23.3 Å². The minimum absolute atomic E-state index is 0.294. The van der Waals surface area contributed by atoms with Crippen LogP contribution in [0.5, 0.6) is 0 Å². The van der Waals surface area contributed by atoms with E-state index in [4.69, 9.17) is 23.0 Å². The van der Waals surface area contributed by atoms with Gasteiger partial charge in [0, 0.05) is 18.6 Å². The normalized spacial score (nSPS) is 32.8. The van der Waals surface area contributed by atoms with Crippen LogP contribution in [0.15, 0.2) is 0 Å². The second-order valence-electron chi connectivity index (χ2n) is 5.20. The van der Waals surface area contributed by atoms with Gasteiger partial charge in [0.25, 0.3) is 0 Å². The largest absolute Gasteiger partial charge is 0.515 e. The molecule has 0 unspecified atom stereocenters. The van der Waals surface area contributed by atoms with Crippen LogP contribution in [0.3, 0.4) is 0 Å². The lowest BCUT2D eigenvalue weighted by Crippen LogP contribution is -2.41. The minimum atomic E-state index is -3.28. The molecule has 3 nitrogen and oxygen atoms in total. The van der Waals surface area contributed by atoms with Crippen molar-refractivity contribution in [3.8, 4) is 0 Å². The van der Waals surface area contributed by atoms with Crippen LogP contribution in [0, 0.1) is 6.85 Å². The Kier molecular flexibility index (Phi) is 1.43. The zero-order chi connectivity index (χ0) is 22.1. The molecule has 100 valence electrons. The highest BCUT2D eigenvalue weighted by Crippen LogP contribution is 2.37. The molecule has 0 N–H and O–H groups in total. The third-order valence-electron chi connectivity index (χ3n) is 3.36. The molecule has 2 heterocycles. The fourth-order valence-corrected chi connectivity index (χ4v) is 2.31. The van der Waals surface area contributed by atoms with E-state index < -0.39 is 54.7 Å². The van der Waals surface area contributed by atoms with Crippen molar-refractivity contribution in [2.45, 2.75) is 65.3 Å². The lowest BCUT2D eigenvalue weighted by atomic mass is 9.82. The monoisotopic (exact) mass is 277 g/mol. The first-order chi connectivity index (χ1) is 12.2. The molecule has 2 rings (SSSR count). The molecule has 0 aliphatic carbocycles. The predicted molar refractivity (Wildman–Crippen MR) is 76.7 cm³/mol. The molecule has 0 radical (unpaired) electrons. The molecule has 1 saturated heterocycles. The van der Waals surface area contributed by atoms with Gasteiger partial charge < -0.3 is 9.31 Å². The fourth-order valence-electron chi connectivity index (χ4n) is 1.63. The quantitative estimate of drug-likeness (QED) is 0.779. The summed E-state index contributed by atoms with van der Waals surface area (Å²) < 4.78 is 89.1. The van der Waals surface area contributed by atoms with E-state index in [1.165, 1.54) is 0 Å². The molecule has 18 heavy (non-hydrogen) atoms. The van der Waals surface area contributed by atoms with Gasteiger partial charge in [-0.3, -0.25) is 4.98 Å². The Morgan fingerprint density at radius 3 is 2.39 bits per heavy atom. The van der Waals surface area contributed by atoms with E-state index in [0.29, 0.717) is 11.3 Å². The van der Waals surface area contributed by atoms with Crippen molar-refractivity contribution in [2.75, 3.05) is 0 Å². The highest BCUT2D eigenvalue weighted by atomic mass is 32.1. The number of hydrogen-bond acceptors (Lipinski definition) is 4. The maximum atomic E-state index is 8.44. The lowest BCUT2D eigenvalue weighted by molar-refractivity contribution is 0.00578. The first-order valence-corrected chi connectivity index (χ1v) is 6.34.